The van der Waals surface area contributed by atoms with Crippen LogP contribution in [-0.4, -0.2) is 13.2 Å². The summed E-state index contributed by atoms with van der Waals surface area (Å²) in [6, 6.07) is 12.9. The Labute approximate surface area is 132 Å². The first kappa shape index (κ1) is 16.2. The van der Waals surface area contributed by atoms with Gasteiger partial charge < -0.3 is 10.1 Å². The van der Waals surface area contributed by atoms with E-state index in [2.05, 4.69) is 67.9 Å². The molecule has 0 fully saturated rings. The van der Waals surface area contributed by atoms with E-state index in [1.165, 1.54) is 16.0 Å². The number of aryl methyl sites for hydroxylation is 1. The van der Waals surface area contributed by atoms with Gasteiger partial charge in [0.2, 0.25) is 0 Å². The molecule has 21 heavy (non-hydrogen) atoms. The maximum absolute atomic E-state index is 6.11. The second-order valence-electron chi connectivity index (χ2n) is 5.19. The highest BCUT2D eigenvalue weighted by Gasteiger charge is 2.26. The lowest BCUT2D eigenvalue weighted by molar-refractivity contribution is 0.0335. The first-order chi connectivity index (χ1) is 10.3. The lowest BCUT2D eigenvalue weighted by Crippen LogP contribution is -2.29. The third-order valence-corrected chi connectivity index (χ3v) is 4.68. The summed E-state index contributed by atoms with van der Waals surface area (Å²) in [7, 11) is 0. The van der Waals surface area contributed by atoms with Crippen LogP contribution in [0.2, 0.25) is 0 Å². The van der Waals surface area contributed by atoms with Gasteiger partial charge in [0.15, 0.2) is 0 Å². The largest absolute Gasteiger partial charge is 0.372 e. The van der Waals surface area contributed by atoms with E-state index >= 15 is 0 Å². The first-order valence-electron chi connectivity index (χ1n) is 7.71. The van der Waals surface area contributed by atoms with Crippen LogP contribution in [0.4, 0.5) is 0 Å². The molecule has 0 aliphatic rings. The normalized spacial score (nSPS) is 14.0. The van der Waals surface area contributed by atoms with Crippen molar-refractivity contribution < 1.29 is 4.74 Å². The first-order valence-corrected chi connectivity index (χ1v) is 8.59. The molecule has 0 spiro atoms. The Morgan fingerprint density at radius 2 is 1.90 bits per heavy atom. The summed E-state index contributed by atoms with van der Waals surface area (Å²) in [5, 5.41) is 5.85. The summed E-state index contributed by atoms with van der Waals surface area (Å²) in [5.74, 6) is 0. The van der Waals surface area contributed by atoms with Crippen molar-refractivity contribution in [2.24, 2.45) is 0 Å². The number of rotatable bonds is 8. The highest BCUT2D eigenvalue weighted by atomic mass is 32.1. The molecule has 1 N–H and O–H groups in total. The fraction of sp³-hybridized carbons (Fsp3) is 0.444. The highest BCUT2D eigenvalue weighted by molar-refractivity contribution is 7.10. The van der Waals surface area contributed by atoms with Crippen LogP contribution in [0, 0.1) is 6.92 Å². The fourth-order valence-electron chi connectivity index (χ4n) is 2.55. The standard InChI is InChI=1S/C18H25NOS/c1-4-12-19-16(18-14(3)11-13-21-18)17(20-5-2)15-9-7-6-8-10-15/h6-11,13,16-17,19H,4-5,12H2,1-3H3. The van der Waals surface area contributed by atoms with Crippen LogP contribution in [0.5, 0.6) is 0 Å². The molecule has 2 rings (SSSR count). The third kappa shape index (κ3) is 4.16. The molecule has 2 unspecified atom stereocenters. The summed E-state index contributed by atoms with van der Waals surface area (Å²) >= 11 is 1.81. The Balaban J connectivity index is 2.33. The molecule has 2 nitrogen and oxygen atoms in total. The summed E-state index contributed by atoms with van der Waals surface area (Å²) in [6.07, 6.45) is 1.18. The average molecular weight is 303 g/mol. The van der Waals surface area contributed by atoms with Crippen LogP contribution in [0.25, 0.3) is 0 Å². The van der Waals surface area contributed by atoms with Gasteiger partial charge in [0, 0.05) is 11.5 Å². The molecule has 1 aromatic carbocycles. The third-order valence-electron chi connectivity index (χ3n) is 3.58. The molecule has 0 radical (unpaired) electrons. The van der Waals surface area contributed by atoms with Gasteiger partial charge in [-0.3, -0.25) is 0 Å². The van der Waals surface area contributed by atoms with Crippen molar-refractivity contribution in [3.8, 4) is 0 Å². The van der Waals surface area contributed by atoms with Crippen molar-refractivity contribution in [3.63, 3.8) is 0 Å². The number of thiophene rings is 1. The minimum absolute atomic E-state index is 0.0556. The van der Waals surface area contributed by atoms with Crippen molar-refractivity contribution in [3.05, 3.63) is 57.8 Å². The van der Waals surface area contributed by atoms with Crippen molar-refractivity contribution in [2.75, 3.05) is 13.2 Å². The van der Waals surface area contributed by atoms with Crippen LogP contribution in [0.3, 0.4) is 0 Å². The maximum Gasteiger partial charge on any atom is 0.103 e. The smallest absolute Gasteiger partial charge is 0.103 e. The predicted octanol–water partition coefficient (Wildman–Crippen LogP) is 4.88. The zero-order chi connectivity index (χ0) is 15.1. The molecule has 3 heteroatoms. The number of hydrogen-bond donors (Lipinski definition) is 1. The van der Waals surface area contributed by atoms with Gasteiger partial charge in [0.1, 0.15) is 6.10 Å². The van der Waals surface area contributed by atoms with E-state index in [9.17, 15) is 0 Å². The highest BCUT2D eigenvalue weighted by Crippen LogP contribution is 2.36. The number of nitrogens with one attached hydrogen (secondary N) is 1. The van der Waals surface area contributed by atoms with Gasteiger partial charge in [-0.25, -0.2) is 0 Å². The van der Waals surface area contributed by atoms with E-state index in [4.69, 9.17) is 4.74 Å². The van der Waals surface area contributed by atoms with Gasteiger partial charge in [0.05, 0.1) is 6.04 Å². The Hall–Kier alpha value is -1.16. The van der Waals surface area contributed by atoms with E-state index in [1.807, 2.05) is 11.3 Å². The summed E-state index contributed by atoms with van der Waals surface area (Å²) in [6.45, 7) is 8.16. The lowest BCUT2D eigenvalue weighted by atomic mass is 9.98. The quantitative estimate of drug-likeness (QED) is 0.751. The van der Waals surface area contributed by atoms with Crippen LogP contribution in [0.1, 0.15) is 48.4 Å². The van der Waals surface area contributed by atoms with Gasteiger partial charge in [0.25, 0.3) is 0 Å². The monoisotopic (exact) mass is 303 g/mol. The van der Waals surface area contributed by atoms with Gasteiger partial charge >= 0.3 is 0 Å². The molecule has 0 bridgehead atoms. The molecule has 1 aromatic heterocycles. The maximum atomic E-state index is 6.11. The van der Waals surface area contributed by atoms with E-state index in [1.54, 1.807) is 0 Å². The molecule has 0 saturated carbocycles. The van der Waals surface area contributed by atoms with Gasteiger partial charge in [-0.1, -0.05) is 37.3 Å². The van der Waals surface area contributed by atoms with Crippen LogP contribution >= 0.6 is 11.3 Å². The lowest BCUT2D eigenvalue weighted by Gasteiger charge is -2.28. The predicted molar refractivity (Wildman–Crippen MR) is 90.9 cm³/mol. The Morgan fingerprint density at radius 3 is 2.48 bits per heavy atom. The molecule has 0 amide bonds. The minimum Gasteiger partial charge on any atom is -0.372 e. The number of benzene rings is 1. The molecule has 1 heterocycles. The van der Waals surface area contributed by atoms with E-state index in [0.29, 0.717) is 6.61 Å². The molecular weight excluding hydrogens is 278 g/mol. The minimum atomic E-state index is 0.0556. The Morgan fingerprint density at radius 1 is 1.14 bits per heavy atom. The van der Waals surface area contributed by atoms with E-state index < -0.39 is 0 Å². The molecule has 0 saturated heterocycles. The zero-order valence-corrected chi connectivity index (χ0v) is 14.0. The van der Waals surface area contributed by atoms with Crippen LogP contribution < -0.4 is 5.32 Å². The van der Waals surface area contributed by atoms with Crippen molar-refractivity contribution >= 4 is 11.3 Å². The van der Waals surface area contributed by atoms with Crippen molar-refractivity contribution in [1.82, 2.24) is 5.32 Å². The molecular formula is C18H25NOS. The topological polar surface area (TPSA) is 21.3 Å². The summed E-state index contributed by atoms with van der Waals surface area (Å²) in [5.41, 5.74) is 2.58. The SMILES string of the molecule is CCCNC(c1sccc1C)C(OCC)c1ccccc1. The zero-order valence-electron chi connectivity index (χ0n) is 13.1. The van der Waals surface area contributed by atoms with Crippen LogP contribution in [0.15, 0.2) is 41.8 Å². The number of ether oxygens (including phenoxy) is 1. The Kier molecular flexibility index (Phi) is 6.43. The van der Waals surface area contributed by atoms with Gasteiger partial charge in [-0.2, -0.15) is 0 Å². The fourth-order valence-corrected chi connectivity index (χ4v) is 3.57. The molecule has 114 valence electrons. The average Bonchev–Trinajstić information content (AvgIpc) is 2.93. The van der Waals surface area contributed by atoms with Crippen molar-refractivity contribution in [1.29, 1.82) is 0 Å². The van der Waals surface area contributed by atoms with Gasteiger partial charge in [-0.05, 0) is 49.4 Å². The summed E-state index contributed by atoms with van der Waals surface area (Å²) < 4.78 is 6.11. The van der Waals surface area contributed by atoms with Gasteiger partial charge in [-0.15, -0.1) is 11.3 Å². The molecule has 0 aliphatic heterocycles. The summed E-state index contributed by atoms with van der Waals surface area (Å²) in [4.78, 5) is 1.38. The van der Waals surface area contributed by atoms with Crippen LogP contribution in [-0.2, 0) is 4.74 Å². The molecule has 0 aliphatic carbocycles. The van der Waals surface area contributed by atoms with E-state index in [-0.39, 0.29) is 12.1 Å². The number of hydrogen-bond acceptors (Lipinski definition) is 3. The van der Waals surface area contributed by atoms with E-state index in [0.717, 1.165) is 13.0 Å². The molecule has 2 atom stereocenters. The van der Waals surface area contributed by atoms with Crippen molar-refractivity contribution in [2.45, 2.75) is 39.3 Å². The molecule has 2 aromatic rings. The second-order valence-corrected chi connectivity index (χ2v) is 6.13. The second kappa shape index (κ2) is 8.32. The Bertz CT molecular complexity index is 523.